The fraction of sp³-hybridized carbons (Fsp3) is 0.545. The van der Waals surface area contributed by atoms with Gasteiger partial charge in [0.2, 0.25) is 0 Å². The number of carbonyl (C=O) groups excluding carboxylic acids is 1. The Balaban J connectivity index is 4.65. The minimum atomic E-state index is 0.166. The molecule has 0 amide bonds. The Morgan fingerprint density at radius 1 is 1.29 bits per heavy atom. The summed E-state index contributed by atoms with van der Waals surface area (Å²) in [6.45, 7) is 5.71. The SMILES string of the molecule is CCCC/C(=C/C(C)=C(Br)Br)C(C)=O. The number of hydrogen-bond donors (Lipinski definition) is 0. The number of carbonyl (C=O) groups is 1. The van der Waals surface area contributed by atoms with E-state index in [1.807, 2.05) is 13.0 Å². The van der Waals surface area contributed by atoms with Gasteiger partial charge in [-0.3, -0.25) is 4.79 Å². The number of ketones is 1. The highest BCUT2D eigenvalue weighted by molar-refractivity contribution is 9.28. The molecule has 0 heterocycles. The maximum atomic E-state index is 11.3. The van der Waals surface area contributed by atoms with Crippen LogP contribution in [0.5, 0.6) is 0 Å². The lowest BCUT2D eigenvalue weighted by Crippen LogP contribution is -1.97. The van der Waals surface area contributed by atoms with Crippen LogP contribution in [-0.2, 0) is 4.79 Å². The second-order valence-electron chi connectivity index (χ2n) is 3.27. The highest BCUT2D eigenvalue weighted by Crippen LogP contribution is 2.22. The Bertz CT molecular complexity index is 260. The Morgan fingerprint density at radius 2 is 1.86 bits per heavy atom. The molecule has 1 nitrogen and oxygen atoms in total. The molecule has 0 unspecified atom stereocenters. The molecule has 0 bridgehead atoms. The summed E-state index contributed by atoms with van der Waals surface area (Å²) in [5, 5.41) is 0. The molecule has 0 aromatic carbocycles. The highest BCUT2D eigenvalue weighted by atomic mass is 79.9. The zero-order valence-corrected chi connectivity index (χ0v) is 12.0. The topological polar surface area (TPSA) is 17.1 Å². The van der Waals surface area contributed by atoms with Gasteiger partial charge in [0.25, 0.3) is 0 Å². The second kappa shape index (κ2) is 7.41. The summed E-state index contributed by atoms with van der Waals surface area (Å²) in [5.74, 6) is 0.166. The van der Waals surface area contributed by atoms with E-state index in [9.17, 15) is 4.79 Å². The Morgan fingerprint density at radius 3 is 2.21 bits per heavy atom. The van der Waals surface area contributed by atoms with Gasteiger partial charge in [-0.15, -0.1) is 0 Å². The van der Waals surface area contributed by atoms with Crippen molar-refractivity contribution in [3.8, 4) is 0 Å². The van der Waals surface area contributed by atoms with Crippen molar-refractivity contribution < 1.29 is 4.79 Å². The van der Waals surface area contributed by atoms with Crippen LogP contribution in [0.2, 0.25) is 0 Å². The second-order valence-corrected chi connectivity index (χ2v) is 5.92. The zero-order valence-electron chi connectivity index (χ0n) is 8.86. The first kappa shape index (κ1) is 14.1. The van der Waals surface area contributed by atoms with Crippen molar-refractivity contribution in [1.29, 1.82) is 0 Å². The molecule has 14 heavy (non-hydrogen) atoms. The molecule has 0 atom stereocenters. The summed E-state index contributed by atoms with van der Waals surface area (Å²) >= 11 is 6.65. The standard InChI is InChI=1S/C11H16Br2O/c1-4-5-6-10(9(3)14)7-8(2)11(12)13/h7H,4-6H2,1-3H3/b10-7-. The maximum Gasteiger partial charge on any atom is 0.155 e. The first-order valence-electron chi connectivity index (χ1n) is 4.72. The number of allylic oxidation sites excluding steroid dienone is 3. The van der Waals surface area contributed by atoms with Gasteiger partial charge in [-0.25, -0.2) is 0 Å². The van der Waals surface area contributed by atoms with Gasteiger partial charge in [0.1, 0.15) is 0 Å². The van der Waals surface area contributed by atoms with Gasteiger partial charge < -0.3 is 0 Å². The fourth-order valence-corrected chi connectivity index (χ4v) is 1.26. The van der Waals surface area contributed by atoms with Crippen LogP contribution in [0.15, 0.2) is 20.6 Å². The van der Waals surface area contributed by atoms with Crippen LogP contribution in [0.1, 0.15) is 40.0 Å². The van der Waals surface area contributed by atoms with E-state index in [0.717, 1.165) is 33.8 Å². The molecule has 3 heteroatoms. The van der Waals surface area contributed by atoms with E-state index in [1.54, 1.807) is 6.92 Å². The van der Waals surface area contributed by atoms with Crippen molar-refractivity contribution in [2.45, 2.75) is 40.0 Å². The molecular formula is C11H16Br2O. The summed E-state index contributed by atoms with van der Waals surface area (Å²) in [7, 11) is 0. The molecule has 0 aliphatic carbocycles. The summed E-state index contributed by atoms with van der Waals surface area (Å²) < 4.78 is 0.903. The summed E-state index contributed by atoms with van der Waals surface area (Å²) in [6.07, 6.45) is 4.99. The molecule has 0 saturated carbocycles. The third-order valence-electron chi connectivity index (χ3n) is 1.94. The number of rotatable bonds is 5. The van der Waals surface area contributed by atoms with E-state index in [-0.39, 0.29) is 5.78 Å². The van der Waals surface area contributed by atoms with E-state index in [1.165, 1.54) is 0 Å². The summed E-state index contributed by atoms with van der Waals surface area (Å²) in [5.41, 5.74) is 1.95. The van der Waals surface area contributed by atoms with Gasteiger partial charge in [-0.2, -0.15) is 0 Å². The van der Waals surface area contributed by atoms with Crippen LogP contribution in [0, 0.1) is 0 Å². The van der Waals surface area contributed by atoms with Crippen molar-refractivity contribution in [1.82, 2.24) is 0 Å². The van der Waals surface area contributed by atoms with Crippen molar-refractivity contribution in [2.24, 2.45) is 0 Å². The molecule has 0 fully saturated rings. The van der Waals surface area contributed by atoms with Crippen molar-refractivity contribution in [3.05, 3.63) is 20.6 Å². The predicted octanol–water partition coefficient (Wildman–Crippen LogP) is 4.71. The Labute approximate surface area is 103 Å². The summed E-state index contributed by atoms with van der Waals surface area (Å²) in [4.78, 5) is 11.3. The first-order chi connectivity index (χ1) is 6.49. The number of Topliss-reactive ketones (excluding diaryl/α,β-unsaturated/α-hetero) is 1. The molecule has 0 aromatic heterocycles. The van der Waals surface area contributed by atoms with E-state index in [0.29, 0.717) is 0 Å². The van der Waals surface area contributed by atoms with Crippen molar-refractivity contribution in [2.75, 3.05) is 0 Å². The van der Waals surface area contributed by atoms with Gasteiger partial charge in [0.15, 0.2) is 5.78 Å². The average Bonchev–Trinajstić information content (AvgIpc) is 2.10. The lowest BCUT2D eigenvalue weighted by atomic mass is 10.0. The molecule has 0 radical (unpaired) electrons. The Hall–Kier alpha value is 0.110. The van der Waals surface area contributed by atoms with Crippen molar-refractivity contribution in [3.63, 3.8) is 0 Å². The highest BCUT2D eigenvalue weighted by Gasteiger charge is 2.03. The third-order valence-corrected chi connectivity index (χ3v) is 3.19. The van der Waals surface area contributed by atoms with E-state index in [4.69, 9.17) is 0 Å². The minimum absolute atomic E-state index is 0.166. The zero-order chi connectivity index (χ0) is 11.1. The Kier molecular flexibility index (Phi) is 7.47. The first-order valence-corrected chi connectivity index (χ1v) is 6.31. The van der Waals surface area contributed by atoms with E-state index < -0.39 is 0 Å². The maximum absolute atomic E-state index is 11.3. The largest absolute Gasteiger partial charge is 0.295 e. The van der Waals surface area contributed by atoms with Gasteiger partial charge in [0.05, 0.1) is 3.39 Å². The molecule has 0 N–H and O–H groups in total. The fourth-order valence-electron chi connectivity index (χ4n) is 1.03. The third kappa shape index (κ3) is 5.76. The molecule has 0 saturated heterocycles. The molecular weight excluding hydrogens is 308 g/mol. The van der Waals surface area contributed by atoms with Gasteiger partial charge >= 0.3 is 0 Å². The van der Waals surface area contributed by atoms with Crippen LogP contribution >= 0.6 is 31.9 Å². The van der Waals surface area contributed by atoms with Gasteiger partial charge in [0, 0.05) is 0 Å². The lowest BCUT2D eigenvalue weighted by Gasteiger charge is -2.03. The molecule has 0 aliphatic heterocycles. The molecule has 80 valence electrons. The number of unbranched alkanes of at least 4 members (excludes halogenated alkanes) is 1. The van der Waals surface area contributed by atoms with Crippen LogP contribution in [0.25, 0.3) is 0 Å². The van der Waals surface area contributed by atoms with Gasteiger partial charge in [-0.1, -0.05) is 19.4 Å². The molecule has 0 aromatic rings. The van der Waals surface area contributed by atoms with E-state index >= 15 is 0 Å². The number of halogens is 2. The molecule has 0 rings (SSSR count). The normalized spacial score (nSPS) is 11.4. The van der Waals surface area contributed by atoms with E-state index in [2.05, 4.69) is 38.8 Å². The minimum Gasteiger partial charge on any atom is -0.295 e. The lowest BCUT2D eigenvalue weighted by molar-refractivity contribution is -0.113. The summed E-state index contributed by atoms with van der Waals surface area (Å²) in [6, 6.07) is 0. The quantitative estimate of drug-likeness (QED) is 0.529. The van der Waals surface area contributed by atoms with Crippen LogP contribution < -0.4 is 0 Å². The van der Waals surface area contributed by atoms with Crippen LogP contribution in [-0.4, -0.2) is 5.78 Å². The predicted molar refractivity (Wildman–Crippen MR) is 68.8 cm³/mol. The molecule has 0 aliphatic rings. The smallest absolute Gasteiger partial charge is 0.155 e. The van der Waals surface area contributed by atoms with Crippen molar-refractivity contribution >= 4 is 37.6 Å². The molecule has 0 spiro atoms. The number of hydrogen-bond acceptors (Lipinski definition) is 1. The monoisotopic (exact) mass is 322 g/mol. The van der Waals surface area contributed by atoms with Crippen LogP contribution in [0.3, 0.4) is 0 Å². The van der Waals surface area contributed by atoms with Crippen LogP contribution in [0.4, 0.5) is 0 Å². The average molecular weight is 324 g/mol. The van der Waals surface area contributed by atoms with Gasteiger partial charge in [-0.05, 0) is 69.7 Å².